The highest BCUT2D eigenvalue weighted by Gasteiger charge is 2.22. The molecular formula is C12H20N4O. The molecule has 1 aliphatic heterocycles. The number of hydrogen-bond acceptors (Lipinski definition) is 5. The minimum absolute atomic E-state index is 0.267. The summed E-state index contributed by atoms with van der Waals surface area (Å²) in [4.78, 5) is 10.9. The number of rotatable bonds is 4. The van der Waals surface area contributed by atoms with Crippen LogP contribution in [0.2, 0.25) is 0 Å². The molecule has 5 nitrogen and oxygen atoms in total. The monoisotopic (exact) mass is 236 g/mol. The van der Waals surface area contributed by atoms with E-state index in [1.165, 1.54) is 6.42 Å². The van der Waals surface area contributed by atoms with Gasteiger partial charge < -0.3 is 15.7 Å². The highest BCUT2D eigenvalue weighted by Crippen LogP contribution is 2.24. The van der Waals surface area contributed by atoms with Crippen LogP contribution in [0, 0.1) is 5.92 Å². The van der Waals surface area contributed by atoms with Crippen molar-refractivity contribution in [3.05, 3.63) is 18.1 Å². The first-order valence-corrected chi connectivity index (χ1v) is 6.21. The van der Waals surface area contributed by atoms with E-state index in [1.807, 2.05) is 0 Å². The normalized spacial score (nSPS) is 20.6. The Balaban J connectivity index is 2.10. The standard InChI is InChI=1S/C12H20N4O/c13-8-11-12(15-5-4-14-11)16-6-1-2-10(9-16)3-7-17/h4-5,10,17H,1-3,6-9,13H2. The number of hydrogen-bond donors (Lipinski definition) is 2. The average molecular weight is 236 g/mol. The first-order chi connectivity index (χ1) is 8.35. The van der Waals surface area contributed by atoms with E-state index in [0.29, 0.717) is 12.5 Å². The average Bonchev–Trinajstić information content (AvgIpc) is 2.39. The fourth-order valence-electron chi connectivity index (χ4n) is 2.44. The summed E-state index contributed by atoms with van der Waals surface area (Å²) in [5.74, 6) is 1.47. The van der Waals surface area contributed by atoms with E-state index in [4.69, 9.17) is 10.8 Å². The van der Waals surface area contributed by atoms with Gasteiger partial charge in [-0.3, -0.25) is 4.98 Å². The fourth-order valence-corrected chi connectivity index (χ4v) is 2.44. The molecule has 3 N–H and O–H groups in total. The van der Waals surface area contributed by atoms with E-state index in [0.717, 1.165) is 37.4 Å². The lowest BCUT2D eigenvalue weighted by Gasteiger charge is -2.34. The Morgan fingerprint density at radius 1 is 1.41 bits per heavy atom. The number of aliphatic hydroxyl groups is 1. The Hall–Kier alpha value is -1.20. The Bertz CT molecular complexity index is 356. The van der Waals surface area contributed by atoms with Crippen LogP contribution < -0.4 is 10.6 Å². The molecule has 0 amide bonds. The first-order valence-electron chi connectivity index (χ1n) is 6.21. The minimum Gasteiger partial charge on any atom is -0.396 e. The zero-order valence-electron chi connectivity index (χ0n) is 10.0. The molecule has 0 saturated carbocycles. The molecule has 1 unspecified atom stereocenters. The van der Waals surface area contributed by atoms with Gasteiger partial charge in [-0.2, -0.15) is 0 Å². The summed E-state index contributed by atoms with van der Waals surface area (Å²) < 4.78 is 0. The summed E-state index contributed by atoms with van der Waals surface area (Å²) in [6, 6.07) is 0. The van der Waals surface area contributed by atoms with Gasteiger partial charge in [0.05, 0.1) is 5.69 Å². The van der Waals surface area contributed by atoms with Crippen molar-refractivity contribution in [2.75, 3.05) is 24.6 Å². The third kappa shape index (κ3) is 2.92. The van der Waals surface area contributed by atoms with Crippen LogP contribution in [0.5, 0.6) is 0 Å². The zero-order chi connectivity index (χ0) is 12.1. The van der Waals surface area contributed by atoms with Gasteiger partial charge in [0.15, 0.2) is 5.82 Å². The lowest BCUT2D eigenvalue weighted by molar-refractivity contribution is 0.244. The third-order valence-corrected chi connectivity index (χ3v) is 3.30. The molecule has 0 aromatic carbocycles. The quantitative estimate of drug-likeness (QED) is 0.797. The number of anilines is 1. The van der Waals surface area contributed by atoms with Crippen LogP contribution in [0.1, 0.15) is 25.0 Å². The summed E-state index contributed by atoms with van der Waals surface area (Å²) in [5, 5.41) is 9.01. The molecule has 0 spiro atoms. The van der Waals surface area contributed by atoms with Crippen molar-refractivity contribution in [3.63, 3.8) is 0 Å². The Labute approximate surface area is 102 Å². The largest absolute Gasteiger partial charge is 0.396 e. The van der Waals surface area contributed by atoms with Gasteiger partial charge in [-0.15, -0.1) is 0 Å². The maximum absolute atomic E-state index is 9.01. The highest BCUT2D eigenvalue weighted by molar-refractivity contribution is 5.43. The van der Waals surface area contributed by atoms with Gasteiger partial charge in [0, 0.05) is 38.6 Å². The second-order valence-electron chi connectivity index (χ2n) is 4.50. The smallest absolute Gasteiger partial charge is 0.151 e. The molecule has 2 heterocycles. The molecule has 17 heavy (non-hydrogen) atoms. The van der Waals surface area contributed by atoms with Crippen LogP contribution in [-0.2, 0) is 6.54 Å². The lowest BCUT2D eigenvalue weighted by Crippen LogP contribution is -2.37. The second kappa shape index (κ2) is 5.93. The molecular weight excluding hydrogens is 216 g/mol. The number of aliphatic hydroxyl groups excluding tert-OH is 1. The Kier molecular flexibility index (Phi) is 4.28. The number of nitrogens with zero attached hydrogens (tertiary/aromatic N) is 3. The van der Waals surface area contributed by atoms with Crippen molar-refractivity contribution in [3.8, 4) is 0 Å². The molecule has 94 valence electrons. The van der Waals surface area contributed by atoms with Gasteiger partial charge in [-0.05, 0) is 25.2 Å². The molecule has 0 bridgehead atoms. The lowest BCUT2D eigenvalue weighted by atomic mass is 9.95. The van der Waals surface area contributed by atoms with E-state index in [2.05, 4.69) is 14.9 Å². The molecule has 1 atom stereocenters. The van der Waals surface area contributed by atoms with Crippen LogP contribution in [0.25, 0.3) is 0 Å². The van der Waals surface area contributed by atoms with Crippen LogP contribution >= 0.6 is 0 Å². The van der Waals surface area contributed by atoms with Gasteiger partial charge in [0.1, 0.15) is 0 Å². The molecule has 2 rings (SSSR count). The molecule has 1 aromatic heterocycles. The van der Waals surface area contributed by atoms with Crippen LogP contribution in [-0.4, -0.2) is 34.8 Å². The van der Waals surface area contributed by atoms with Crippen molar-refractivity contribution in [2.24, 2.45) is 11.7 Å². The number of nitrogens with two attached hydrogens (primary N) is 1. The topological polar surface area (TPSA) is 75.3 Å². The van der Waals surface area contributed by atoms with Crippen molar-refractivity contribution < 1.29 is 5.11 Å². The molecule has 1 fully saturated rings. The molecule has 0 aliphatic carbocycles. The van der Waals surface area contributed by atoms with E-state index in [9.17, 15) is 0 Å². The molecule has 0 radical (unpaired) electrons. The fraction of sp³-hybridized carbons (Fsp3) is 0.667. The van der Waals surface area contributed by atoms with E-state index < -0.39 is 0 Å². The molecule has 1 saturated heterocycles. The predicted octanol–water partition coefficient (Wildman–Crippen LogP) is 0.534. The Morgan fingerprint density at radius 2 is 2.24 bits per heavy atom. The zero-order valence-corrected chi connectivity index (χ0v) is 10.0. The summed E-state index contributed by atoms with van der Waals surface area (Å²) in [6.45, 7) is 2.65. The van der Waals surface area contributed by atoms with Gasteiger partial charge in [-0.1, -0.05) is 0 Å². The van der Waals surface area contributed by atoms with E-state index >= 15 is 0 Å². The maximum Gasteiger partial charge on any atom is 0.151 e. The number of aromatic nitrogens is 2. The van der Waals surface area contributed by atoms with Crippen molar-refractivity contribution in [1.29, 1.82) is 0 Å². The van der Waals surface area contributed by atoms with E-state index in [-0.39, 0.29) is 6.61 Å². The SMILES string of the molecule is NCc1nccnc1N1CCCC(CCO)C1. The third-order valence-electron chi connectivity index (χ3n) is 3.30. The summed E-state index contributed by atoms with van der Waals surface area (Å²) >= 11 is 0. The summed E-state index contributed by atoms with van der Waals surface area (Å²) in [5.41, 5.74) is 6.54. The maximum atomic E-state index is 9.01. The molecule has 1 aromatic rings. The summed E-state index contributed by atoms with van der Waals surface area (Å²) in [6.07, 6.45) is 6.60. The van der Waals surface area contributed by atoms with Crippen LogP contribution in [0.3, 0.4) is 0 Å². The van der Waals surface area contributed by atoms with Crippen LogP contribution in [0.4, 0.5) is 5.82 Å². The summed E-state index contributed by atoms with van der Waals surface area (Å²) in [7, 11) is 0. The molecule has 5 heteroatoms. The van der Waals surface area contributed by atoms with Crippen molar-refractivity contribution in [1.82, 2.24) is 9.97 Å². The van der Waals surface area contributed by atoms with Gasteiger partial charge >= 0.3 is 0 Å². The minimum atomic E-state index is 0.267. The van der Waals surface area contributed by atoms with E-state index in [1.54, 1.807) is 12.4 Å². The molecule has 1 aliphatic rings. The van der Waals surface area contributed by atoms with Crippen molar-refractivity contribution >= 4 is 5.82 Å². The first kappa shape index (κ1) is 12.3. The highest BCUT2D eigenvalue weighted by atomic mass is 16.3. The van der Waals surface area contributed by atoms with Crippen LogP contribution in [0.15, 0.2) is 12.4 Å². The van der Waals surface area contributed by atoms with Gasteiger partial charge in [0.25, 0.3) is 0 Å². The van der Waals surface area contributed by atoms with Gasteiger partial charge in [0.2, 0.25) is 0 Å². The number of piperidine rings is 1. The second-order valence-corrected chi connectivity index (χ2v) is 4.50. The van der Waals surface area contributed by atoms with Crippen molar-refractivity contribution in [2.45, 2.75) is 25.8 Å². The predicted molar refractivity (Wildman–Crippen MR) is 66.6 cm³/mol. The Morgan fingerprint density at radius 3 is 3.00 bits per heavy atom. The van der Waals surface area contributed by atoms with Gasteiger partial charge in [-0.25, -0.2) is 4.98 Å².